The lowest BCUT2D eigenvalue weighted by Gasteiger charge is -2.33. The second-order valence-electron chi connectivity index (χ2n) is 5.48. The van der Waals surface area contributed by atoms with Crippen LogP contribution in [0.2, 0.25) is 5.02 Å². The lowest BCUT2D eigenvalue weighted by atomic mass is 9.93. The van der Waals surface area contributed by atoms with Crippen LogP contribution in [0.25, 0.3) is 0 Å². The highest BCUT2D eigenvalue weighted by Gasteiger charge is 2.27. The van der Waals surface area contributed by atoms with Gasteiger partial charge in [-0.2, -0.15) is 0 Å². The first-order chi connectivity index (χ1) is 10.1. The number of benzene rings is 2. The molecule has 0 aromatic heterocycles. The van der Waals surface area contributed by atoms with E-state index in [1.54, 1.807) is 12.1 Å². The van der Waals surface area contributed by atoms with Crippen molar-refractivity contribution in [3.8, 4) is 0 Å². The molecule has 1 aliphatic heterocycles. The molecular weight excluding hydrogens is 350 g/mol. The van der Waals surface area contributed by atoms with E-state index in [1.807, 2.05) is 29.2 Å². The van der Waals surface area contributed by atoms with Crippen molar-refractivity contribution in [3.63, 3.8) is 0 Å². The van der Waals surface area contributed by atoms with Gasteiger partial charge in [-0.15, -0.1) is 0 Å². The third kappa shape index (κ3) is 2.85. The van der Waals surface area contributed by atoms with Crippen LogP contribution in [0.1, 0.15) is 22.8 Å². The molecule has 0 spiro atoms. The molecule has 2 aromatic rings. The number of para-hydroxylation sites is 1. The summed E-state index contributed by atoms with van der Waals surface area (Å²) in [5.74, 6) is 0.457. The number of hydrogen-bond donors (Lipinski definition) is 0. The van der Waals surface area contributed by atoms with Gasteiger partial charge >= 0.3 is 0 Å². The highest BCUT2D eigenvalue weighted by Crippen LogP contribution is 2.31. The van der Waals surface area contributed by atoms with Gasteiger partial charge in [0.15, 0.2) is 0 Å². The summed E-state index contributed by atoms with van der Waals surface area (Å²) in [6, 6.07) is 13.4. The van der Waals surface area contributed by atoms with Crippen LogP contribution in [0.3, 0.4) is 0 Å². The van der Waals surface area contributed by atoms with Crippen molar-refractivity contribution in [2.45, 2.75) is 13.3 Å². The van der Waals surface area contributed by atoms with Crippen LogP contribution in [0.5, 0.6) is 0 Å². The number of carbonyl (C=O) groups is 1. The minimum Gasteiger partial charge on any atom is -0.308 e. The van der Waals surface area contributed by atoms with E-state index >= 15 is 0 Å². The van der Waals surface area contributed by atoms with Gasteiger partial charge in [-0.05, 0) is 58.1 Å². The zero-order valence-electron chi connectivity index (χ0n) is 11.6. The molecule has 0 saturated heterocycles. The lowest BCUT2D eigenvalue weighted by molar-refractivity contribution is 0.0981. The molecule has 1 aliphatic rings. The number of nitrogens with zero attached hydrogens (tertiary/aromatic N) is 1. The summed E-state index contributed by atoms with van der Waals surface area (Å²) < 4.78 is 0.799. The fourth-order valence-corrected chi connectivity index (χ4v) is 3.20. The van der Waals surface area contributed by atoms with Crippen LogP contribution in [0, 0.1) is 5.92 Å². The van der Waals surface area contributed by atoms with Crippen LogP contribution < -0.4 is 4.90 Å². The topological polar surface area (TPSA) is 20.3 Å². The van der Waals surface area contributed by atoms with Crippen molar-refractivity contribution in [3.05, 3.63) is 63.1 Å². The Morgan fingerprint density at radius 3 is 2.81 bits per heavy atom. The standard InChI is InChI=1S/C17H15BrClNO/c1-11-8-12-4-2-3-5-16(12)20(10-11)17(21)13-6-7-14(18)15(19)9-13/h2-7,9,11H,8,10H2,1H3. The van der Waals surface area contributed by atoms with Crippen molar-refractivity contribution < 1.29 is 4.79 Å². The molecular formula is C17H15BrClNO. The van der Waals surface area contributed by atoms with E-state index in [0.717, 1.165) is 23.1 Å². The highest BCUT2D eigenvalue weighted by atomic mass is 79.9. The molecule has 1 atom stereocenters. The van der Waals surface area contributed by atoms with E-state index in [0.29, 0.717) is 16.5 Å². The maximum atomic E-state index is 12.8. The van der Waals surface area contributed by atoms with E-state index in [9.17, 15) is 4.79 Å². The van der Waals surface area contributed by atoms with Gasteiger partial charge < -0.3 is 4.90 Å². The summed E-state index contributed by atoms with van der Waals surface area (Å²) >= 11 is 9.46. The summed E-state index contributed by atoms with van der Waals surface area (Å²) in [5.41, 5.74) is 2.86. The molecule has 0 N–H and O–H groups in total. The van der Waals surface area contributed by atoms with Crippen LogP contribution in [-0.4, -0.2) is 12.5 Å². The average Bonchev–Trinajstić information content (AvgIpc) is 2.48. The van der Waals surface area contributed by atoms with Gasteiger partial charge in [0.05, 0.1) is 5.02 Å². The van der Waals surface area contributed by atoms with Crippen LogP contribution >= 0.6 is 27.5 Å². The van der Waals surface area contributed by atoms with Gasteiger partial charge in [0.2, 0.25) is 0 Å². The minimum absolute atomic E-state index is 0.00315. The Bertz CT molecular complexity index is 701. The van der Waals surface area contributed by atoms with E-state index in [4.69, 9.17) is 11.6 Å². The summed E-state index contributed by atoms with van der Waals surface area (Å²) in [7, 11) is 0. The molecule has 1 amide bonds. The fraction of sp³-hybridized carbons (Fsp3) is 0.235. The van der Waals surface area contributed by atoms with Crippen molar-refractivity contribution in [2.75, 3.05) is 11.4 Å². The molecule has 0 radical (unpaired) electrons. The summed E-state index contributed by atoms with van der Waals surface area (Å²) in [5, 5.41) is 0.555. The molecule has 1 heterocycles. The average molecular weight is 365 g/mol. The largest absolute Gasteiger partial charge is 0.308 e. The number of hydrogen-bond acceptors (Lipinski definition) is 1. The summed E-state index contributed by atoms with van der Waals surface area (Å²) in [6.07, 6.45) is 1.01. The van der Waals surface area contributed by atoms with E-state index < -0.39 is 0 Å². The van der Waals surface area contributed by atoms with Crippen molar-refractivity contribution >= 4 is 39.1 Å². The predicted octanol–water partition coefficient (Wildman–Crippen LogP) is 4.94. The number of rotatable bonds is 1. The smallest absolute Gasteiger partial charge is 0.258 e. The van der Waals surface area contributed by atoms with E-state index in [1.165, 1.54) is 5.56 Å². The van der Waals surface area contributed by atoms with E-state index in [-0.39, 0.29) is 5.91 Å². The first-order valence-corrected chi connectivity index (χ1v) is 8.08. The molecule has 3 rings (SSSR count). The maximum Gasteiger partial charge on any atom is 0.258 e. The minimum atomic E-state index is 0.00315. The predicted molar refractivity (Wildman–Crippen MR) is 90.1 cm³/mol. The quantitative estimate of drug-likeness (QED) is 0.701. The van der Waals surface area contributed by atoms with Crippen molar-refractivity contribution in [1.29, 1.82) is 0 Å². The molecule has 1 unspecified atom stereocenters. The van der Waals surface area contributed by atoms with Crippen molar-refractivity contribution in [2.24, 2.45) is 5.92 Å². The van der Waals surface area contributed by atoms with Crippen molar-refractivity contribution in [1.82, 2.24) is 0 Å². The number of amides is 1. The molecule has 21 heavy (non-hydrogen) atoms. The van der Waals surface area contributed by atoms with Gasteiger partial charge in [-0.3, -0.25) is 4.79 Å². The molecule has 4 heteroatoms. The Morgan fingerprint density at radius 2 is 2.05 bits per heavy atom. The number of halogens is 2. The van der Waals surface area contributed by atoms with Crippen LogP contribution in [0.15, 0.2) is 46.9 Å². The molecule has 2 aromatic carbocycles. The third-order valence-electron chi connectivity index (χ3n) is 3.76. The number of fused-ring (bicyclic) bond motifs is 1. The molecule has 0 bridgehead atoms. The van der Waals surface area contributed by atoms with Gasteiger partial charge in [-0.1, -0.05) is 36.7 Å². The maximum absolute atomic E-state index is 12.8. The fourth-order valence-electron chi connectivity index (χ4n) is 2.77. The Kier molecular flexibility index (Phi) is 4.05. The summed E-state index contributed by atoms with van der Waals surface area (Å²) in [4.78, 5) is 14.7. The SMILES string of the molecule is CC1Cc2ccccc2N(C(=O)c2ccc(Br)c(Cl)c2)C1. The molecule has 0 aliphatic carbocycles. The molecule has 0 saturated carbocycles. The highest BCUT2D eigenvalue weighted by molar-refractivity contribution is 9.10. The van der Waals surface area contributed by atoms with E-state index in [2.05, 4.69) is 28.9 Å². The van der Waals surface area contributed by atoms with Gasteiger partial charge in [0.25, 0.3) is 5.91 Å². The normalized spacial score (nSPS) is 17.5. The van der Waals surface area contributed by atoms with Crippen LogP contribution in [-0.2, 0) is 6.42 Å². The Morgan fingerprint density at radius 1 is 1.29 bits per heavy atom. The molecule has 108 valence electrons. The Balaban J connectivity index is 1.99. The molecule has 0 fully saturated rings. The second kappa shape index (κ2) is 5.82. The molecule has 2 nitrogen and oxygen atoms in total. The zero-order valence-corrected chi connectivity index (χ0v) is 14.0. The number of anilines is 1. The third-order valence-corrected chi connectivity index (χ3v) is 4.99. The number of carbonyl (C=O) groups excluding carboxylic acids is 1. The van der Waals surface area contributed by atoms with Crippen LogP contribution in [0.4, 0.5) is 5.69 Å². The lowest BCUT2D eigenvalue weighted by Crippen LogP contribution is -2.39. The second-order valence-corrected chi connectivity index (χ2v) is 6.74. The summed E-state index contributed by atoms with van der Waals surface area (Å²) in [6.45, 7) is 2.91. The van der Waals surface area contributed by atoms with Gasteiger partial charge in [0.1, 0.15) is 0 Å². The monoisotopic (exact) mass is 363 g/mol. The first kappa shape index (κ1) is 14.6. The first-order valence-electron chi connectivity index (χ1n) is 6.91. The van der Waals surface area contributed by atoms with Gasteiger partial charge in [0, 0.05) is 22.3 Å². The zero-order chi connectivity index (χ0) is 15.0. The Labute approximate surface area is 137 Å². The van der Waals surface area contributed by atoms with Gasteiger partial charge in [-0.25, -0.2) is 0 Å². The Hall–Kier alpha value is -1.32.